The van der Waals surface area contributed by atoms with E-state index < -0.39 is 17.9 Å². The van der Waals surface area contributed by atoms with E-state index in [1.165, 1.54) is 83.5 Å². The van der Waals surface area contributed by atoms with Gasteiger partial charge in [0.25, 0.3) is 0 Å². The molecule has 7 heteroatoms. The van der Waals surface area contributed by atoms with E-state index in [1.54, 1.807) is 0 Å². The van der Waals surface area contributed by atoms with Gasteiger partial charge in [0.1, 0.15) is 0 Å². The molecule has 0 bridgehead atoms. The highest BCUT2D eigenvalue weighted by atomic mass is 16.4. The predicted octanol–water partition coefficient (Wildman–Crippen LogP) is 6.88. The van der Waals surface area contributed by atoms with Crippen molar-refractivity contribution in [2.75, 3.05) is 26.2 Å². The van der Waals surface area contributed by atoms with E-state index in [2.05, 4.69) is 19.1 Å². The summed E-state index contributed by atoms with van der Waals surface area (Å²) in [6.07, 6.45) is 28.3. The molecular weight excluding hydrogens is 494 g/mol. The van der Waals surface area contributed by atoms with Crippen LogP contribution >= 0.6 is 0 Å². The van der Waals surface area contributed by atoms with Crippen LogP contribution in [0.15, 0.2) is 12.2 Å². The number of hydrogen-bond acceptors (Lipinski definition) is 4. The number of hydrogen-bond donors (Lipinski definition) is 2. The zero-order chi connectivity index (χ0) is 29.0. The molecule has 228 valence electrons. The first kappa shape index (κ1) is 37.1. The summed E-state index contributed by atoms with van der Waals surface area (Å²) in [4.78, 5) is 33.3. The summed E-state index contributed by atoms with van der Waals surface area (Å²) in [6, 6.07) is 0. The van der Waals surface area contributed by atoms with Gasteiger partial charge in [0.2, 0.25) is 0 Å². The van der Waals surface area contributed by atoms with Crippen molar-refractivity contribution in [2.45, 2.75) is 148 Å². The Balaban J connectivity index is 3.91. The number of carbonyl (C=O) groups is 3. The SMILES string of the molecule is CCCCCCCCCCCCCCC/C=C/CCCCCC[N+](CCC(=O)[O-])(CCC(=O)O)CCC(=O)O. The molecule has 0 aliphatic carbocycles. The fourth-order valence-electron chi connectivity index (χ4n) is 5.24. The van der Waals surface area contributed by atoms with E-state index in [9.17, 15) is 19.5 Å². The van der Waals surface area contributed by atoms with Gasteiger partial charge in [-0.3, -0.25) is 9.59 Å². The molecule has 0 aliphatic heterocycles. The Labute approximate surface area is 238 Å². The molecule has 7 nitrogen and oxygen atoms in total. The molecule has 0 aromatic carbocycles. The summed E-state index contributed by atoms with van der Waals surface area (Å²) in [6.45, 7) is 3.58. The quantitative estimate of drug-likeness (QED) is 0.0569. The normalized spacial score (nSPS) is 11.8. The smallest absolute Gasteiger partial charge is 0.309 e. The molecule has 0 saturated carbocycles. The number of rotatable bonds is 30. The zero-order valence-electron chi connectivity index (χ0n) is 25.0. The van der Waals surface area contributed by atoms with Crippen LogP contribution in [-0.4, -0.2) is 58.8 Å². The summed E-state index contributed by atoms with van der Waals surface area (Å²) in [5, 5.41) is 29.3. The van der Waals surface area contributed by atoms with Gasteiger partial charge in [-0.1, -0.05) is 103 Å². The predicted molar refractivity (Wildman–Crippen MR) is 156 cm³/mol. The molecule has 0 spiro atoms. The van der Waals surface area contributed by atoms with Gasteiger partial charge in [-0.15, -0.1) is 0 Å². The molecule has 0 rings (SSSR count). The summed E-state index contributed by atoms with van der Waals surface area (Å²) in [7, 11) is 0. The van der Waals surface area contributed by atoms with Gasteiger partial charge in [0, 0.05) is 12.4 Å². The highest BCUT2D eigenvalue weighted by Gasteiger charge is 2.28. The first-order valence-electron chi connectivity index (χ1n) is 15.9. The van der Waals surface area contributed by atoms with Crippen molar-refractivity contribution in [2.24, 2.45) is 0 Å². The highest BCUT2D eigenvalue weighted by Crippen LogP contribution is 2.17. The lowest BCUT2D eigenvalue weighted by molar-refractivity contribution is -0.927. The van der Waals surface area contributed by atoms with Gasteiger partial charge in [0.15, 0.2) is 0 Å². The number of allylic oxidation sites excluding steroid dienone is 2. The third-order valence-electron chi connectivity index (χ3n) is 7.78. The van der Waals surface area contributed by atoms with Gasteiger partial charge in [-0.05, 0) is 38.5 Å². The molecule has 0 aliphatic rings. The van der Waals surface area contributed by atoms with Gasteiger partial charge in [-0.25, -0.2) is 0 Å². The second-order valence-corrected chi connectivity index (χ2v) is 11.4. The fourth-order valence-corrected chi connectivity index (χ4v) is 5.24. The van der Waals surface area contributed by atoms with Crippen LogP contribution in [0, 0.1) is 0 Å². The summed E-state index contributed by atoms with van der Waals surface area (Å²) < 4.78 is 0.214. The molecular formula is C32H59NO6. The maximum absolute atomic E-state index is 11.1. The first-order valence-corrected chi connectivity index (χ1v) is 15.9. The highest BCUT2D eigenvalue weighted by molar-refractivity contribution is 5.67. The van der Waals surface area contributed by atoms with Gasteiger partial charge < -0.3 is 24.6 Å². The van der Waals surface area contributed by atoms with Crippen LogP contribution in [0.3, 0.4) is 0 Å². The monoisotopic (exact) mass is 553 g/mol. The second-order valence-electron chi connectivity index (χ2n) is 11.4. The Morgan fingerprint density at radius 2 is 0.897 bits per heavy atom. The van der Waals surface area contributed by atoms with Crippen molar-refractivity contribution < 1.29 is 34.2 Å². The van der Waals surface area contributed by atoms with Crippen LogP contribution < -0.4 is 5.11 Å². The van der Waals surface area contributed by atoms with Crippen molar-refractivity contribution in [3.63, 3.8) is 0 Å². The molecule has 0 radical (unpaired) electrons. The van der Waals surface area contributed by atoms with Crippen LogP contribution in [0.25, 0.3) is 0 Å². The van der Waals surface area contributed by atoms with Crippen LogP contribution in [0.4, 0.5) is 0 Å². The molecule has 39 heavy (non-hydrogen) atoms. The number of carbonyl (C=O) groups excluding carboxylic acids is 1. The van der Waals surface area contributed by atoms with E-state index in [0.29, 0.717) is 6.54 Å². The molecule has 0 atom stereocenters. The Hall–Kier alpha value is -1.89. The number of unbranched alkanes of at least 4 members (excludes halogenated alkanes) is 17. The third-order valence-corrected chi connectivity index (χ3v) is 7.78. The van der Waals surface area contributed by atoms with Gasteiger partial charge in [-0.2, -0.15) is 0 Å². The molecule has 0 aromatic heterocycles. The van der Waals surface area contributed by atoms with Gasteiger partial charge in [0.05, 0.1) is 39.0 Å². The fraction of sp³-hybridized carbons (Fsp3) is 0.844. The maximum atomic E-state index is 11.1. The van der Waals surface area contributed by atoms with Crippen LogP contribution in [0.5, 0.6) is 0 Å². The average Bonchev–Trinajstić information content (AvgIpc) is 2.90. The van der Waals surface area contributed by atoms with Crippen LogP contribution in [-0.2, 0) is 14.4 Å². The average molecular weight is 554 g/mol. The number of carboxylic acids is 3. The van der Waals surface area contributed by atoms with Crippen molar-refractivity contribution in [3.8, 4) is 0 Å². The van der Waals surface area contributed by atoms with E-state index in [4.69, 9.17) is 10.2 Å². The second kappa shape index (κ2) is 26.3. The standard InChI is InChI=1S/C32H59NO6/c1-2-3-4-5-6-7-8-9-10-11-12-13-14-15-16-17-18-19-20-21-22-26-33(27-23-30(34)35,28-24-31(36)37)29-25-32(38)39/h16-17H,2-15,18-29H2,1H3,(H2-,34,35,36,37,38,39)/b17-16+. The number of aliphatic carboxylic acids is 3. The van der Waals surface area contributed by atoms with E-state index in [-0.39, 0.29) is 43.4 Å². The van der Waals surface area contributed by atoms with Gasteiger partial charge >= 0.3 is 11.9 Å². The third kappa shape index (κ3) is 26.1. The lowest BCUT2D eigenvalue weighted by atomic mass is 10.0. The van der Waals surface area contributed by atoms with Crippen molar-refractivity contribution in [1.82, 2.24) is 0 Å². The maximum Gasteiger partial charge on any atom is 0.309 e. The molecule has 0 saturated heterocycles. The number of nitrogens with zero attached hydrogens (tertiary/aromatic N) is 1. The summed E-state index contributed by atoms with van der Waals surface area (Å²) in [5.41, 5.74) is 0. The minimum absolute atomic E-state index is 0.100. The Morgan fingerprint density at radius 1 is 0.538 bits per heavy atom. The molecule has 0 aromatic rings. The van der Waals surface area contributed by atoms with Crippen LogP contribution in [0.2, 0.25) is 0 Å². The van der Waals surface area contributed by atoms with Crippen LogP contribution in [0.1, 0.15) is 148 Å². The van der Waals surface area contributed by atoms with Crippen molar-refractivity contribution in [3.05, 3.63) is 12.2 Å². The minimum Gasteiger partial charge on any atom is -0.550 e. The molecule has 0 fully saturated rings. The van der Waals surface area contributed by atoms with Crippen molar-refractivity contribution in [1.29, 1.82) is 0 Å². The summed E-state index contributed by atoms with van der Waals surface area (Å²) >= 11 is 0. The molecule has 0 heterocycles. The number of carboxylic acid groups (broad SMARTS) is 3. The Bertz CT molecular complexity index is 603. The molecule has 0 amide bonds. The zero-order valence-corrected chi connectivity index (χ0v) is 25.0. The largest absolute Gasteiger partial charge is 0.550 e. The topological polar surface area (TPSA) is 115 Å². The van der Waals surface area contributed by atoms with E-state index in [1.807, 2.05) is 0 Å². The molecule has 2 N–H and O–H groups in total. The molecule has 0 unspecified atom stereocenters. The Morgan fingerprint density at radius 3 is 1.28 bits per heavy atom. The van der Waals surface area contributed by atoms with Crippen molar-refractivity contribution >= 4 is 17.9 Å². The lowest BCUT2D eigenvalue weighted by Crippen LogP contribution is -2.53. The van der Waals surface area contributed by atoms with E-state index in [0.717, 1.165) is 38.5 Å². The summed E-state index contributed by atoms with van der Waals surface area (Å²) in [5.74, 6) is -3.09. The Kier molecular flexibility index (Phi) is 25.1. The lowest BCUT2D eigenvalue weighted by Gasteiger charge is -2.38. The van der Waals surface area contributed by atoms with E-state index >= 15 is 0 Å². The minimum atomic E-state index is -1.19. The first-order chi connectivity index (χ1) is 18.8. The number of quaternary nitrogens is 1.